The van der Waals surface area contributed by atoms with Crippen molar-refractivity contribution >= 4 is 46.7 Å². The molecule has 0 bridgehead atoms. The molecule has 5 nitrogen and oxygen atoms in total. The zero-order valence-corrected chi connectivity index (χ0v) is 14.5. The quantitative estimate of drug-likeness (QED) is 0.581. The highest BCUT2D eigenvalue weighted by Crippen LogP contribution is 2.37. The van der Waals surface area contributed by atoms with Crippen molar-refractivity contribution < 1.29 is 14.6 Å². The molecule has 0 heterocycles. The van der Waals surface area contributed by atoms with E-state index in [4.69, 9.17) is 44.3 Å². The third-order valence-corrected chi connectivity index (χ3v) is 3.71. The summed E-state index contributed by atoms with van der Waals surface area (Å²) in [6, 6.07) is 6.32. The Morgan fingerprint density at radius 1 is 1.00 bits per heavy atom. The predicted molar refractivity (Wildman–Crippen MR) is 93.9 cm³/mol. The first-order valence-corrected chi connectivity index (χ1v) is 7.48. The van der Waals surface area contributed by atoms with E-state index in [0.717, 1.165) is 0 Å². The lowest BCUT2D eigenvalue weighted by Gasteiger charge is -2.09. The van der Waals surface area contributed by atoms with Crippen LogP contribution in [0.25, 0.3) is 0 Å². The van der Waals surface area contributed by atoms with Crippen molar-refractivity contribution in [3.63, 3.8) is 0 Å². The molecule has 0 aliphatic heterocycles. The number of nitrogens with zero attached hydrogens (tertiary/aromatic N) is 1. The van der Waals surface area contributed by atoms with E-state index >= 15 is 0 Å². The van der Waals surface area contributed by atoms with E-state index in [1.54, 1.807) is 24.3 Å². The standard InChI is InChI=1S/C15H13Cl3N2O3/c1-22-12-3-8(4-13(23-2)15(12)21)7-19-20-14-10(17)5-9(16)6-11(14)18/h3-7,20-21H,1-2H3/b19-7+. The van der Waals surface area contributed by atoms with Gasteiger partial charge in [-0.15, -0.1) is 0 Å². The number of hydrogen-bond donors (Lipinski definition) is 2. The van der Waals surface area contributed by atoms with Crippen LogP contribution in [0.4, 0.5) is 5.69 Å². The summed E-state index contributed by atoms with van der Waals surface area (Å²) in [6.07, 6.45) is 1.51. The van der Waals surface area contributed by atoms with Crippen LogP contribution in [0.1, 0.15) is 5.56 Å². The fraction of sp³-hybridized carbons (Fsp3) is 0.133. The van der Waals surface area contributed by atoms with E-state index in [-0.39, 0.29) is 17.2 Å². The van der Waals surface area contributed by atoms with Crippen LogP contribution < -0.4 is 14.9 Å². The Morgan fingerprint density at radius 2 is 1.52 bits per heavy atom. The van der Waals surface area contributed by atoms with Gasteiger partial charge in [-0.25, -0.2) is 0 Å². The zero-order chi connectivity index (χ0) is 17.0. The lowest BCUT2D eigenvalue weighted by atomic mass is 10.2. The van der Waals surface area contributed by atoms with E-state index in [1.807, 2.05) is 0 Å². The molecule has 0 atom stereocenters. The first-order chi connectivity index (χ1) is 11.0. The number of aromatic hydroxyl groups is 1. The first kappa shape index (κ1) is 17.5. The Morgan fingerprint density at radius 3 is 2.00 bits per heavy atom. The molecule has 8 heteroatoms. The van der Waals surface area contributed by atoms with Gasteiger partial charge in [0.25, 0.3) is 0 Å². The van der Waals surface area contributed by atoms with E-state index in [9.17, 15) is 5.11 Å². The monoisotopic (exact) mass is 374 g/mol. The normalized spacial score (nSPS) is 10.8. The van der Waals surface area contributed by atoms with Gasteiger partial charge < -0.3 is 14.6 Å². The summed E-state index contributed by atoms with van der Waals surface area (Å²) in [6.45, 7) is 0. The molecule has 0 fully saturated rings. The number of halogens is 3. The highest BCUT2D eigenvalue weighted by atomic mass is 35.5. The number of rotatable bonds is 5. The van der Waals surface area contributed by atoms with Crippen LogP contribution >= 0.6 is 34.8 Å². The van der Waals surface area contributed by atoms with Gasteiger partial charge in [-0.05, 0) is 24.3 Å². The smallest absolute Gasteiger partial charge is 0.200 e. The summed E-state index contributed by atoms with van der Waals surface area (Å²) in [5.41, 5.74) is 3.83. The molecule has 2 aromatic carbocycles. The SMILES string of the molecule is COc1cc(/C=N/Nc2c(Cl)cc(Cl)cc2Cl)cc(OC)c1O. The number of nitrogens with one attached hydrogen (secondary N) is 1. The number of methoxy groups -OCH3 is 2. The summed E-state index contributed by atoms with van der Waals surface area (Å²) in [5, 5.41) is 15.1. The molecule has 0 saturated heterocycles. The highest BCUT2D eigenvalue weighted by molar-refractivity contribution is 6.41. The molecule has 0 unspecified atom stereocenters. The van der Waals surface area contributed by atoms with Gasteiger partial charge >= 0.3 is 0 Å². The fourth-order valence-corrected chi connectivity index (χ4v) is 2.71. The lowest BCUT2D eigenvalue weighted by Crippen LogP contribution is -1.95. The molecule has 0 aliphatic carbocycles. The Bertz CT molecular complexity index is 703. The van der Waals surface area contributed by atoms with Crippen LogP contribution in [0, 0.1) is 0 Å². The van der Waals surface area contributed by atoms with Gasteiger partial charge in [-0.2, -0.15) is 5.10 Å². The maximum absolute atomic E-state index is 9.86. The van der Waals surface area contributed by atoms with E-state index < -0.39 is 0 Å². The molecule has 2 rings (SSSR count). The molecule has 0 aliphatic rings. The number of anilines is 1. The maximum Gasteiger partial charge on any atom is 0.200 e. The van der Waals surface area contributed by atoms with Gasteiger partial charge in [-0.3, -0.25) is 5.43 Å². The lowest BCUT2D eigenvalue weighted by molar-refractivity contribution is 0.340. The van der Waals surface area contributed by atoms with Gasteiger partial charge in [-0.1, -0.05) is 34.8 Å². The van der Waals surface area contributed by atoms with Gasteiger partial charge in [0.15, 0.2) is 11.5 Å². The summed E-state index contributed by atoms with van der Waals surface area (Å²) in [5.74, 6) is 0.464. The van der Waals surface area contributed by atoms with Crippen LogP contribution in [-0.4, -0.2) is 25.5 Å². The summed E-state index contributed by atoms with van der Waals surface area (Å²) in [4.78, 5) is 0. The second-order valence-corrected chi connectivity index (χ2v) is 5.64. The van der Waals surface area contributed by atoms with Gasteiger partial charge in [0, 0.05) is 10.6 Å². The molecular formula is C15H13Cl3N2O3. The number of hydrogen-bond acceptors (Lipinski definition) is 5. The summed E-state index contributed by atoms with van der Waals surface area (Å²) in [7, 11) is 2.89. The van der Waals surface area contributed by atoms with Crippen LogP contribution in [0.15, 0.2) is 29.4 Å². The van der Waals surface area contributed by atoms with Gasteiger partial charge in [0.2, 0.25) is 5.75 Å². The molecule has 0 saturated carbocycles. The van der Waals surface area contributed by atoms with Crippen LogP contribution in [-0.2, 0) is 0 Å². The number of hydrazone groups is 1. The Balaban J connectivity index is 2.25. The third kappa shape index (κ3) is 4.13. The summed E-state index contributed by atoms with van der Waals surface area (Å²) < 4.78 is 10.2. The van der Waals surface area contributed by atoms with Crippen molar-refractivity contribution in [1.29, 1.82) is 0 Å². The van der Waals surface area contributed by atoms with Crippen LogP contribution in [0.2, 0.25) is 15.1 Å². The Hall–Kier alpha value is -1.82. The van der Waals surface area contributed by atoms with Crippen molar-refractivity contribution in [2.45, 2.75) is 0 Å². The molecule has 2 aromatic rings. The molecular weight excluding hydrogens is 363 g/mol. The van der Waals surface area contributed by atoms with E-state index in [1.165, 1.54) is 20.4 Å². The molecule has 2 N–H and O–H groups in total. The number of phenolic OH excluding ortho intramolecular Hbond substituents is 1. The Kier molecular flexibility index (Phi) is 5.82. The zero-order valence-electron chi connectivity index (χ0n) is 12.2. The number of ether oxygens (including phenoxy) is 2. The second kappa shape index (κ2) is 7.64. The minimum Gasteiger partial charge on any atom is -0.502 e. The maximum atomic E-state index is 9.86. The molecule has 23 heavy (non-hydrogen) atoms. The van der Waals surface area contributed by atoms with Gasteiger partial charge in [0.05, 0.1) is 36.2 Å². The van der Waals surface area contributed by atoms with Crippen LogP contribution in [0.5, 0.6) is 17.2 Å². The minimum atomic E-state index is -0.0797. The number of phenols is 1. The van der Waals surface area contributed by atoms with Crippen molar-refractivity contribution in [1.82, 2.24) is 0 Å². The average molecular weight is 376 g/mol. The predicted octanol–water partition coefficient (Wildman–Crippen LogP) is 4.82. The second-order valence-electron chi connectivity index (χ2n) is 4.39. The topological polar surface area (TPSA) is 63.1 Å². The third-order valence-electron chi connectivity index (χ3n) is 2.90. The van der Waals surface area contributed by atoms with Crippen molar-refractivity contribution in [2.75, 3.05) is 19.6 Å². The average Bonchev–Trinajstić information content (AvgIpc) is 2.51. The number of benzene rings is 2. The van der Waals surface area contributed by atoms with Crippen molar-refractivity contribution in [3.8, 4) is 17.2 Å². The Labute approximate surface area is 148 Å². The molecule has 0 amide bonds. The largest absolute Gasteiger partial charge is 0.502 e. The molecule has 0 spiro atoms. The highest BCUT2D eigenvalue weighted by Gasteiger charge is 2.10. The molecule has 0 aromatic heterocycles. The minimum absolute atomic E-state index is 0.0797. The van der Waals surface area contributed by atoms with Crippen molar-refractivity contribution in [2.24, 2.45) is 5.10 Å². The van der Waals surface area contributed by atoms with Crippen LogP contribution in [0.3, 0.4) is 0 Å². The van der Waals surface area contributed by atoms with Gasteiger partial charge in [0.1, 0.15) is 0 Å². The van der Waals surface area contributed by atoms with E-state index in [0.29, 0.717) is 26.3 Å². The molecule has 122 valence electrons. The molecule has 0 radical (unpaired) electrons. The van der Waals surface area contributed by atoms with E-state index in [2.05, 4.69) is 10.5 Å². The first-order valence-electron chi connectivity index (χ1n) is 6.35. The van der Waals surface area contributed by atoms with Crippen molar-refractivity contribution in [3.05, 3.63) is 44.9 Å². The summed E-state index contributed by atoms with van der Waals surface area (Å²) >= 11 is 18.0. The fourth-order valence-electron chi connectivity index (χ4n) is 1.81.